The van der Waals surface area contributed by atoms with Crippen LogP contribution in [0.15, 0.2) is 52.4 Å². The number of benzene rings is 2. The second-order valence-electron chi connectivity index (χ2n) is 5.93. The van der Waals surface area contributed by atoms with Gasteiger partial charge in [-0.3, -0.25) is 9.36 Å². The summed E-state index contributed by atoms with van der Waals surface area (Å²) in [6, 6.07) is 5.57. The third-order valence-electron chi connectivity index (χ3n) is 3.91. The minimum Gasteiger partial charge on any atom is -0.294 e. The van der Waals surface area contributed by atoms with Crippen LogP contribution in [0.2, 0.25) is 0 Å². The predicted octanol–water partition coefficient (Wildman–Crippen LogP) is 3.01. The molecule has 3 rings (SSSR count). The third kappa shape index (κ3) is 3.85. The van der Waals surface area contributed by atoms with E-state index in [4.69, 9.17) is 0 Å². The Labute approximate surface area is 150 Å². The number of halogens is 4. The quantitative estimate of drug-likeness (QED) is 0.501. The van der Waals surface area contributed by atoms with Gasteiger partial charge in [-0.1, -0.05) is 0 Å². The zero-order chi connectivity index (χ0) is 20.0. The van der Waals surface area contributed by atoms with Crippen molar-refractivity contribution in [2.45, 2.75) is 17.6 Å². The molecule has 0 spiro atoms. The summed E-state index contributed by atoms with van der Waals surface area (Å²) in [6.07, 6.45) is -2.62. The predicted molar refractivity (Wildman–Crippen MR) is 89.6 cm³/mol. The van der Waals surface area contributed by atoms with Crippen molar-refractivity contribution in [1.29, 1.82) is 0 Å². The molecule has 0 saturated heterocycles. The summed E-state index contributed by atoms with van der Waals surface area (Å²) in [5.41, 5.74) is -1.75. The zero-order valence-electron chi connectivity index (χ0n) is 13.8. The molecule has 0 aliphatic heterocycles. The molecule has 0 radical (unpaired) electrons. The fourth-order valence-electron chi connectivity index (χ4n) is 2.66. The maximum absolute atomic E-state index is 13.6. The average Bonchev–Trinajstić information content (AvgIpc) is 2.55. The van der Waals surface area contributed by atoms with Gasteiger partial charge in [-0.15, -0.1) is 0 Å². The Morgan fingerprint density at radius 1 is 1.11 bits per heavy atom. The Morgan fingerprint density at radius 2 is 1.81 bits per heavy atom. The lowest BCUT2D eigenvalue weighted by molar-refractivity contribution is -0.137. The molecule has 5 nitrogen and oxygen atoms in total. The van der Waals surface area contributed by atoms with Crippen molar-refractivity contribution in [3.05, 3.63) is 70.0 Å². The zero-order valence-corrected chi connectivity index (χ0v) is 14.6. The van der Waals surface area contributed by atoms with Gasteiger partial charge in [0.25, 0.3) is 5.56 Å². The van der Waals surface area contributed by atoms with Crippen LogP contribution in [-0.4, -0.2) is 24.2 Å². The molecule has 0 unspecified atom stereocenters. The lowest BCUT2D eigenvalue weighted by Crippen LogP contribution is -2.22. The van der Waals surface area contributed by atoms with E-state index in [2.05, 4.69) is 4.98 Å². The third-order valence-corrected chi connectivity index (χ3v) is 5.11. The molecule has 10 heteroatoms. The van der Waals surface area contributed by atoms with Crippen molar-refractivity contribution in [1.82, 2.24) is 9.55 Å². The Kier molecular flexibility index (Phi) is 4.54. The summed E-state index contributed by atoms with van der Waals surface area (Å²) in [5, 5.41) is -0.273. The van der Waals surface area contributed by atoms with Gasteiger partial charge < -0.3 is 0 Å². The standard InChI is InChI=1S/C17H12F4N2O3S/c1-27(25,26)15-5-3-12(18)6-10(15)8-23-9-22-14-4-2-11(17(19,20)21)7-13(14)16(23)24/h2-7,9H,8H2,1H3. The highest BCUT2D eigenvalue weighted by Crippen LogP contribution is 2.30. The van der Waals surface area contributed by atoms with Crippen LogP contribution in [0, 0.1) is 5.82 Å². The second kappa shape index (κ2) is 6.45. The average molecular weight is 400 g/mol. The Balaban J connectivity index is 2.16. The van der Waals surface area contributed by atoms with Crippen LogP contribution in [0.3, 0.4) is 0 Å². The molecule has 0 bridgehead atoms. The topological polar surface area (TPSA) is 69.0 Å². The maximum atomic E-state index is 13.6. The molecule has 0 aliphatic carbocycles. The summed E-state index contributed by atoms with van der Waals surface area (Å²) in [5.74, 6) is -0.710. The van der Waals surface area contributed by atoms with Crippen LogP contribution in [0.5, 0.6) is 0 Å². The van der Waals surface area contributed by atoms with Gasteiger partial charge in [0.15, 0.2) is 9.84 Å². The van der Waals surface area contributed by atoms with Gasteiger partial charge in [0.2, 0.25) is 0 Å². The SMILES string of the molecule is CS(=O)(=O)c1ccc(F)cc1Cn1cnc2ccc(C(F)(F)F)cc2c1=O. The van der Waals surface area contributed by atoms with Crippen LogP contribution in [-0.2, 0) is 22.6 Å². The van der Waals surface area contributed by atoms with Crippen molar-refractivity contribution in [2.24, 2.45) is 0 Å². The summed E-state index contributed by atoms with van der Waals surface area (Å²) in [7, 11) is -3.70. The maximum Gasteiger partial charge on any atom is 0.416 e. The number of aromatic nitrogens is 2. The molecular formula is C17H12F4N2O3S. The molecule has 0 saturated carbocycles. The molecular weight excluding hydrogens is 388 g/mol. The monoisotopic (exact) mass is 400 g/mol. The lowest BCUT2D eigenvalue weighted by Gasteiger charge is -2.12. The van der Waals surface area contributed by atoms with Crippen LogP contribution >= 0.6 is 0 Å². The smallest absolute Gasteiger partial charge is 0.294 e. The number of fused-ring (bicyclic) bond motifs is 1. The van der Waals surface area contributed by atoms with Crippen molar-refractivity contribution in [3.63, 3.8) is 0 Å². The number of hydrogen-bond acceptors (Lipinski definition) is 4. The van der Waals surface area contributed by atoms with Gasteiger partial charge in [-0.05, 0) is 42.0 Å². The van der Waals surface area contributed by atoms with Gasteiger partial charge in [-0.25, -0.2) is 17.8 Å². The Bertz CT molecular complexity index is 1200. The molecule has 0 atom stereocenters. The van der Waals surface area contributed by atoms with Gasteiger partial charge in [0.1, 0.15) is 5.82 Å². The molecule has 1 aromatic heterocycles. The normalized spacial score (nSPS) is 12.5. The van der Waals surface area contributed by atoms with Gasteiger partial charge in [-0.2, -0.15) is 13.2 Å². The minimum absolute atomic E-state index is 0.00674. The van der Waals surface area contributed by atoms with Crippen LogP contribution in [0.25, 0.3) is 10.9 Å². The van der Waals surface area contributed by atoms with E-state index in [0.717, 1.165) is 47.5 Å². The van der Waals surface area contributed by atoms with Crippen molar-refractivity contribution < 1.29 is 26.0 Å². The van der Waals surface area contributed by atoms with E-state index in [1.54, 1.807) is 0 Å². The number of rotatable bonds is 3. The first-order valence-corrected chi connectivity index (χ1v) is 9.41. The first kappa shape index (κ1) is 19.0. The molecule has 142 valence electrons. The van der Waals surface area contributed by atoms with Crippen molar-refractivity contribution in [3.8, 4) is 0 Å². The van der Waals surface area contributed by atoms with Crippen LogP contribution in [0.4, 0.5) is 17.6 Å². The number of hydrogen-bond donors (Lipinski definition) is 0. The second-order valence-corrected chi connectivity index (χ2v) is 7.92. The first-order chi connectivity index (χ1) is 12.5. The van der Waals surface area contributed by atoms with Gasteiger partial charge >= 0.3 is 6.18 Å². The van der Waals surface area contributed by atoms with E-state index in [0.29, 0.717) is 6.07 Å². The van der Waals surface area contributed by atoms with Gasteiger partial charge in [0.05, 0.1) is 34.2 Å². The van der Waals surface area contributed by atoms with E-state index in [9.17, 15) is 30.8 Å². The molecule has 3 aromatic rings. The molecule has 2 aromatic carbocycles. The summed E-state index contributed by atoms with van der Waals surface area (Å²) in [6.45, 7) is -0.363. The number of alkyl halides is 3. The molecule has 1 heterocycles. The largest absolute Gasteiger partial charge is 0.416 e. The van der Waals surface area contributed by atoms with Crippen LogP contribution < -0.4 is 5.56 Å². The fraction of sp³-hybridized carbons (Fsp3) is 0.176. The van der Waals surface area contributed by atoms with E-state index >= 15 is 0 Å². The van der Waals surface area contributed by atoms with E-state index in [1.165, 1.54) is 0 Å². The molecule has 0 amide bonds. The Hall–Kier alpha value is -2.75. The highest BCUT2D eigenvalue weighted by Gasteiger charge is 2.30. The van der Waals surface area contributed by atoms with Gasteiger partial charge in [0, 0.05) is 6.26 Å². The highest BCUT2D eigenvalue weighted by molar-refractivity contribution is 7.90. The number of nitrogens with zero attached hydrogens (tertiary/aromatic N) is 2. The minimum atomic E-state index is -4.63. The van der Waals surface area contributed by atoms with E-state index < -0.39 is 33.0 Å². The molecule has 27 heavy (non-hydrogen) atoms. The van der Waals surface area contributed by atoms with Crippen molar-refractivity contribution in [2.75, 3.05) is 6.26 Å². The number of sulfone groups is 1. The molecule has 0 fully saturated rings. The lowest BCUT2D eigenvalue weighted by atomic mass is 10.1. The first-order valence-electron chi connectivity index (χ1n) is 7.52. The van der Waals surface area contributed by atoms with Crippen molar-refractivity contribution >= 4 is 20.7 Å². The molecule has 0 N–H and O–H groups in total. The fourth-order valence-corrected chi connectivity index (χ4v) is 3.58. The highest BCUT2D eigenvalue weighted by atomic mass is 32.2. The summed E-state index contributed by atoms with van der Waals surface area (Å²) in [4.78, 5) is 16.3. The summed E-state index contributed by atoms with van der Waals surface area (Å²) >= 11 is 0. The Morgan fingerprint density at radius 3 is 2.44 bits per heavy atom. The summed E-state index contributed by atoms with van der Waals surface area (Å²) < 4.78 is 76.9. The van der Waals surface area contributed by atoms with E-state index in [1.807, 2.05) is 0 Å². The van der Waals surface area contributed by atoms with E-state index in [-0.39, 0.29) is 27.9 Å². The van der Waals surface area contributed by atoms with Crippen LogP contribution in [0.1, 0.15) is 11.1 Å². The molecule has 0 aliphatic rings.